The summed E-state index contributed by atoms with van der Waals surface area (Å²) in [6.07, 6.45) is 0.587. The molecule has 1 atom stereocenters. The van der Waals surface area contributed by atoms with Crippen LogP contribution >= 0.6 is 11.6 Å². The molecule has 0 radical (unpaired) electrons. The molecule has 2 N–H and O–H groups in total. The molecule has 0 aromatic heterocycles. The van der Waals surface area contributed by atoms with Crippen LogP contribution in [0.25, 0.3) is 0 Å². The summed E-state index contributed by atoms with van der Waals surface area (Å²) in [5.74, 6) is -0.422. The summed E-state index contributed by atoms with van der Waals surface area (Å²) in [6, 6.07) is 4.53. The van der Waals surface area contributed by atoms with Crippen LogP contribution in [-0.4, -0.2) is 14.9 Å². The molecule has 20 heavy (non-hydrogen) atoms. The zero-order chi connectivity index (χ0) is 15.6. The monoisotopic (exact) mass is 317 g/mol. The number of rotatable bonds is 5. The van der Waals surface area contributed by atoms with Gasteiger partial charge in [0.1, 0.15) is 5.82 Å². The largest absolute Gasteiger partial charge is 0.417 e. The van der Waals surface area contributed by atoms with Gasteiger partial charge in [0.2, 0.25) is 0 Å². The first-order chi connectivity index (χ1) is 9.06. The summed E-state index contributed by atoms with van der Waals surface area (Å²) >= 11 is 5.77. The van der Waals surface area contributed by atoms with Crippen molar-refractivity contribution in [1.82, 2.24) is 0 Å². The maximum Gasteiger partial charge on any atom is 0.191 e. The van der Waals surface area contributed by atoms with Crippen molar-refractivity contribution in [2.75, 3.05) is 6.61 Å². The van der Waals surface area contributed by atoms with Gasteiger partial charge in [0.15, 0.2) is 8.32 Å². The Morgan fingerprint density at radius 3 is 2.50 bits per heavy atom. The van der Waals surface area contributed by atoms with Gasteiger partial charge in [-0.3, -0.25) is 0 Å². The van der Waals surface area contributed by atoms with Crippen molar-refractivity contribution in [3.8, 4) is 0 Å². The quantitative estimate of drug-likeness (QED) is 0.785. The van der Waals surface area contributed by atoms with Crippen LogP contribution in [0, 0.1) is 5.82 Å². The van der Waals surface area contributed by atoms with Gasteiger partial charge in [-0.15, -0.1) is 0 Å². The van der Waals surface area contributed by atoms with E-state index < -0.39 is 20.2 Å². The van der Waals surface area contributed by atoms with E-state index in [1.54, 1.807) is 12.1 Å². The standard InChI is InChI=1S/C15H25ClFNOSi/c1-15(2,3)20(4,5)19-10-9-13(18)11-7-6-8-12(16)14(11)17/h6-8,13H,9-10,18H2,1-5H3/t13-/m1/s1. The van der Waals surface area contributed by atoms with E-state index >= 15 is 0 Å². The molecule has 0 saturated heterocycles. The van der Waals surface area contributed by atoms with E-state index in [1.165, 1.54) is 6.07 Å². The Bertz CT molecular complexity index is 460. The van der Waals surface area contributed by atoms with Crippen molar-refractivity contribution in [2.45, 2.75) is 51.4 Å². The highest BCUT2D eigenvalue weighted by molar-refractivity contribution is 6.74. The number of hydrogen-bond donors (Lipinski definition) is 1. The minimum absolute atomic E-state index is 0.114. The Hall–Kier alpha value is -0.423. The summed E-state index contributed by atoms with van der Waals surface area (Å²) in [4.78, 5) is 0. The molecule has 0 aliphatic heterocycles. The van der Waals surface area contributed by atoms with Crippen LogP contribution in [0.3, 0.4) is 0 Å². The zero-order valence-electron chi connectivity index (χ0n) is 13.0. The van der Waals surface area contributed by atoms with Gasteiger partial charge >= 0.3 is 0 Å². The molecule has 2 nitrogen and oxygen atoms in total. The molecule has 114 valence electrons. The number of nitrogens with two attached hydrogens (primary N) is 1. The topological polar surface area (TPSA) is 35.2 Å². The Kier molecular flexibility index (Phi) is 5.78. The van der Waals surface area contributed by atoms with Gasteiger partial charge in [0.25, 0.3) is 0 Å². The van der Waals surface area contributed by atoms with E-state index in [2.05, 4.69) is 33.9 Å². The molecule has 0 fully saturated rings. The van der Waals surface area contributed by atoms with Gasteiger partial charge in [0.05, 0.1) is 5.02 Å². The van der Waals surface area contributed by atoms with Crippen molar-refractivity contribution in [3.05, 3.63) is 34.6 Å². The highest BCUT2D eigenvalue weighted by Crippen LogP contribution is 2.36. The van der Waals surface area contributed by atoms with Gasteiger partial charge < -0.3 is 10.2 Å². The maximum atomic E-state index is 13.9. The van der Waals surface area contributed by atoms with Crippen molar-refractivity contribution >= 4 is 19.9 Å². The molecular formula is C15H25ClFNOSi. The van der Waals surface area contributed by atoms with Gasteiger partial charge in [-0.05, 0) is 30.6 Å². The van der Waals surface area contributed by atoms with Gasteiger partial charge in [-0.2, -0.15) is 0 Å². The molecule has 1 rings (SSSR count). The first kappa shape index (κ1) is 17.6. The molecule has 0 amide bonds. The van der Waals surface area contributed by atoms with Crippen LogP contribution in [0.1, 0.15) is 38.8 Å². The molecule has 0 unspecified atom stereocenters. The molecule has 0 aliphatic rings. The predicted molar refractivity (Wildman–Crippen MR) is 86.1 cm³/mol. The molecule has 0 aliphatic carbocycles. The van der Waals surface area contributed by atoms with Crippen molar-refractivity contribution in [2.24, 2.45) is 5.73 Å². The van der Waals surface area contributed by atoms with Gasteiger partial charge in [-0.25, -0.2) is 4.39 Å². The fourth-order valence-corrected chi connectivity index (χ4v) is 2.86. The lowest BCUT2D eigenvalue weighted by Gasteiger charge is -2.36. The summed E-state index contributed by atoms with van der Waals surface area (Å²) in [6.45, 7) is 11.5. The predicted octanol–water partition coefficient (Wildman–Crippen LogP) is 4.89. The van der Waals surface area contributed by atoms with Crippen LogP contribution in [0.2, 0.25) is 23.2 Å². The first-order valence-electron chi connectivity index (χ1n) is 6.90. The fraction of sp³-hybridized carbons (Fsp3) is 0.600. The number of hydrogen-bond acceptors (Lipinski definition) is 2. The van der Waals surface area contributed by atoms with Crippen LogP contribution in [0.5, 0.6) is 0 Å². The Balaban J connectivity index is 2.61. The second kappa shape index (κ2) is 6.56. The highest BCUT2D eigenvalue weighted by Gasteiger charge is 2.37. The van der Waals surface area contributed by atoms with E-state index in [9.17, 15) is 4.39 Å². The average molecular weight is 318 g/mol. The smallest absolute Gasteiger partial charge is 0.191 e. The molecule has 5 heteroatoms. The minimum Gasteiger partial charge on any atom is -0.417 e. The third-order valence-electron chi connectivity index (χ3n) is 4.08. The van der Waals surface area contributed by atoms with Crippen LogP contribution < -0.4 is 5.73 Å². The lowest BCUT2D eigenvalue weighted by atomic mass is 10.0. The fourth-order valence-electron chi connectivity index (χ4n) is 1.62. The normalized spacial score (nSPS) is 14.4. The number of benzene rings is 1. The Morgan fingerprint density at radius 1 is 1.35 bits per heavy atom. The average Bonchev–Trinajstić information content (AvgIpc) is 2.30. The Labute approximate surface area is 127 Å². The molecule has 0 spiro atoms. The van der Waals surface area contributed by atoms with Crippen LogP contribution in [-0.2, 0) is 4.43 Å². The van der Waals surface area contributed by atoms with Crippen molar-refractivity contribution < 1.29 is 8.82 Å². The molecule has 1 aromatic rings. The van der Waals surface area contributed by atoms with E-state index in [0.717, 1.165) is 0 Å². The third kappa shape index (κ3) is 4.28. The van der Waals surface area contributed by atoms with Crippen molar-refractivity contribution in [3.63, 3.8) is 0 Å². The first-order valence-corrected chi connectivity index (χ1v) is 10.2. The molecular weight excluding hydrogens is 293 g/mol. The molecule has 0 bridgehead atoms. The second-order valence-corrected chi connectivity index (χ2v) is 11.9. The third-order valence-corrected chi connectivity index (χ3v) is 8.91. The summed E-state index contributed by atoms with van der Waals surface area (Å²) in [5, 5.41) is 0.279. The second-order valence-electron chi connectivity index (χ2n) is 6.65. The summed E-state index contributed by atoms with van der Waals surface area (Å²) < 4.78 is 19.9. The molecule has 0 saturated carbocycles. The lowest BCUT2D eigenvalue weighted by Crippen LogP contribution is -2.41. The SMILES string of the molecule is CC(C)(C)[Si](C)(C)OCC[C@@H](N)c1cccc(Cl)c1F. The summed E-state index contributed by atoms with van der Waals surface area (Å²) in [7, 11) is -1.77. The maximum absolute atomic E-state index is 13.9. The van der Waals surface area contributed by atoms with Gasteiger partial charge in [-0.1, -0.05) is 44.5 Å². The van der Waals surface area contributed by atoms with E-state index in [1.807, 2.05) is 0 Å². The van der Waals surface area contributed by atoms with Crippen molar-refractivity contribution in [1.29, 1.82) is 0 Å². The lowest BCUT2D eigenvalue weighted by molar-refractivity contribution is 0.271. The van der Waals surface area contributed by atoms with Gasteiger partial charge in [0, 0.05) is 18.2 Å². The van der Waals surface area contributed by atoms with E-state index in [-0.39, 0.29) is 10.1 Å². The summed E-state index contributed by atoms with van der Waals surface area (Å²) in [5.41, 5.74) is 6.49. The van der Waals surface area contributed by atoms with E-state index in [4.69, 9.17) is 21.8 Å². The zero-order valence-corrected chi connectivity index (χ0v) is 14.7. The van der Waals surface area contributed by atoms with Crippen LogP contribution in [0.4, 0.5) is 4.39 Å². The Morgan fingerprint density at radius 2 is 1.95 bits per heavy atom. The molecule has 0 heterocycles. The minimum atomic E-state index is -1.77. The number of halogens is 2. The highest BCUT2D eigenvalue weighted by atomic mass is 35.5. The van der Waals surface area contributed by atoms with E-state index in [0.29, 0.717) is 18.6 Å². The van der Waals surface area contributed by atoms with Crippen LogP contribution in [0.15, 0.2) is 18.2 Å². The molecule has 1 aromatic carbocycles.